The van der Waals surface area contributed by atoms with E-state index in [1.54, 1.807) is 0 Å². The zero-order chi connectivity index (χ0) is 7.98. The minimum Gasteiger partial charge on any atom is -0.389 e. The Morgan fingerprint density at radius 3 is 2.60 bits per heavy atom. The van der Waals surface area contributed by atoms with Gasteiger partial charge in [-0.2, -0.15) is 0 Å². The van der Waals surface area contributed by atoms with E-state index in [-0.39, 0.29) is 0 Å². The van der Waals surface area contributed by atoms with E-state index in [1.165, 1.54) is 0 Å². The largest absolute Gasteiger partial charge is 0.389 e. The number of aliphatic hydroxyl groups is 1. The van der Waals surface area contributed by atoms with E-state index in [0.717, 1.165) is 0 Å². The third-order valence-corrected chi connectivity index (χ3v) is 0.639. The van der Waals surface area contributed by atoms with Crippen LogP contribution in [0.15, 0.2) is 0 Å². The summed E-state index contributed by atoms with van der Waals surface area (Å²) in [6, 6.07) is 0. The summed E-state index contributed by atoms with van der Waals surface area (Å²) in [7, 11) is 0. The van der Waals surface area contributed by atoms with Crippen molar-refractivity contribution in [1.29, 1.82) is 0 Å². The molecule has 0 aromatic rings. The molecular weight excluding hydrogens is 146 g/mol. The third-order valence-electron chi connectivity index (χ3n) is 0.639. The first-order valence-corrected chi connectivity index (χ1v) is 2.38. The van der Waals surface area contributed by atoms with Gasteiger partial charge in [-0.3, -0.25) is 5.26 Å². The van der Waals surface area contributed by atoms with Crippen LogP contribution in [0.1, 0.15) is 0 Å². The molecule has 0 aliphatic carbocycles. The molecule has 0 aliphatic rings. The molecule has 7 nitrogen and oxygen atoms in total. The summed E-state index contributed by atoms with van der Waals surface area (Å²) in [6.07, 6.45) is -1.18. The van der Waals surface area contributed by atoms with Gasteiger partial charge in [0.25, 0.3) is 5.09 Å². The predicted octanol–water partition coefficient (Wildman–Crippen LogP) is -0.955. The average molecular weight is 153 g/mol. The van der Waals surface area contributed by atoms with Crippen molar-refractivity contribution < 1.29 is 25.2 Å². The lowest BCUT2D eigenvalue weighted by atomic mass is 10.4. The quantitative estimate of drug-likeness (QED) is 0.299. The second-order valence-electron chi connectivity index (χ2n) is 1.47. The van der Waals surface area contributed by atoms with Gasteiger partial charge in [-0.05, 0) is 0 Å². The molecule has 0 saturated carbocycles. The molecule has 2 N–H and O–H groups in total. The van der Waals surface area contributed by atoms with Crippen LogP contribution in [0.5, 0.6) is 0 Å². The lowest BCUT2D eigenvalue weighted by Crippen LogP contribution is -2.22. The fourth-order valence-corrected chi connectivity index (χ4v) is 0.281. The van der Waals surface area contributed by atoms with Crippen LogP contribution in [-0.4, -0.2) is 34.8 Å². The monoisotopic (exact) mass is 153 g/mol. The highest BCUT2D eigenvalue weighted by Gasteiger charge is 2.05. The lowest BCUT2D eigenvalue weighted by molar-refractivity contribution is -0.759. The van der Waals surface area contributed by atoms with Gasteiger partial charge >= 0.3 is 0 Å². The van der Waals surface area contributed by atoms with Crippen LogP contribution in [0.4, 0.5) is 0 Å². The molecule has 0 fully saturated rings. The Bertz CT molecular complexity index is 105. The predicted molar refractivity (Wildman–Crippen MR) is 27.5 cm³/mol. The van der Waals surface area contributed by atoms with Gasteiger partial charge in [-0.15, -0.1) is 10.1 Å². The first-order chi connectivity index (χ1) is 4.66. The van der Waals surface area contributed by atoms with Gasteiger partial charge in [0.1, 0.15) is 19.3 Å². The number of hydrogen-bond donors (Lipinski definition) is 2. The summed E-state index contributed by atoms with van der Waals surface area (Å²) in [5.41, 5.74) is 0. The first kappa shape index (κ1) is 9.08. The van der Waals surface area contributed by atoms with Gasteiger partial charge in [0.2, 0.25) is 0 Å². The SMILES string of the molecule is O=[N+]([O-])OCC(O)COO. The summed E-state index contributed by atoms with van der Waals surface area (Å²) in [4.78, 5) is 16.7. The Kier molecular flexibility index (Phi) is 4.46. The van der Waals surface area contributed by atoms with Crippen molar-refractivity contribution >= 4 is 0 Å². The van der Waals surface area contributed by atoms with Crippen molar-refractivity contribution in [2.24, 2.45) is 0 Å². The summed E-state index contributed by atoms with van der Waals surface area (Å²) >= 11 is 0. The molecule has 0 amide bonds. The number of nitrogens with zero attached hydrogens (tertiary/aromatic N) is 1. The van der Waals surface area contributed by atoms with Gasteiger partial charge in [-0.25, -0.2) is 4.89 Å². The van der Waals surface area contributed by atoms with Crippen LogP contribution in [0.3, 0.4) is 0 Å². The van der Waals surface area contributed by atoms with E-state index in [2.05, 4.69) is 9.73 Å². The average Bonchev–Trinajstić information content (AvgIpc) is 1.85. The van der Waals surface area contributed by atoms with Crippen molar-refractivity contribution in [3.63, 3.8) is 0 Å². The highest BCUT2D eigenvalue weighted by Crippen LogP contribution is 1.85. The molecule has 10 heavy (non-hydrogen) atoms. The third kappa shape index (κ3) is 5.22. The highest BCUT2D eigenvalue weighted by molar-refractivity contribution is 4.46. The Morgan fingerprint density at radius 2 is 2.20 bits per heavy atom. The summed E-state index contributed by atoms with van der Waals surface area (Å²) in [6.45, 7) is -0.915. The zero-order valence-electron chi connectivity index (χ0n) is 4.97. The standard InChI is InChI=1S/C3H7NO6/c5-3(2-10-8)1-9-4(6)7/h3,5,8H,1-2H2. The van der Waals surface area contributed by atoms with E-state index >= 15 is 0 Å². The Labute approximate surface area is 55.8 Å². The van der Waals surface area contributed by atoms with E-state index in [4.69, 9.17) is 10.4 Å². The molecule has 0 saturated heterocycles. The van der Waals surface area contributed by atoms with Crippen molar-refractivity contribution in [3.8, 4) is 0 Å². The summed E-state index contributed by atoms with van der Waals surface area (Å²) in [5, 5.41) is 24.7. The van der Waals surface area contributed by atoms with Gasteiger partial charge in [0, 0.05) is 0 Å². The molecule has 60 valence electrons. The van der Waals surface area contributed by atoms with Crippen LogP contribution < -0.4 is 0 Å². The van der Waals surface area contributed by atoms with Crippen molar-refractivity contribution in [2.75, 3.05) is 13.2 Å². The molecule has 0 aliphatic heterocycles. The molecule has 0 spiro atoms. The van der Waals surface area contributed by atoms with Crippen LogP contribution in [0.25, 0.3) is 0 Å². The molecule has 0 bridgehead atoms. The smallest absolute Gasteiger partial charge is 0.294 e. The highest BCUT2D eigenvalue weighted by atomic mass is 17.1. The minimum absolute atomic E-state index is 0.409. The second kappa shape index (κ2) is 4.91. The number of aliphatic hydroxyl groups excluding tert-OH is 1. The number of hydrogen-bond acceptors (Lipinski definition) is 6. The van der Waals surface area contributed by atoms with Gasteiger partial charge < -0.3 is 9.94 Å². The zero-order valence-corrected chi connectivity index (χ0v) is 4.97. The van der Waals surface area contributed by atoms with E-state index in [9.17, 15) is 10.1 Å². The molecule has 0 aromatic heterocycles. The molecule has 0 heterocycles. The normalized spacial score (nSPS) is 12.6. The van der Waals surface area contributed by atoms with E-state index < -0.39 is 24.4 Å². The van der Waals surface area contributed by atoms with Crippen LogP contribution >= 0.6 is 0 Å². The fraction of sp³-hybridized carbons (Fsp3) is 1.00. The van der Waals surface area contributed by atoms with E-state index in [0.29, 0.717) is 0 Å². The molecule has 7 heteroatoms. The maximum Gasteiger partial charge on any atom is 0.294 e. The Morgan fingerprint density at radius 1 is 1.60 bits per heavy atom. The van der Waals surface area contributed by atoms with Gasteiger partial charge in [-0.1, -0.05) is 0 Å². The molecule has 1 unspecified atom stereocenters. The van der Waals surface area contributed by atoms with Crippen LogP contribution in [0.2, 0.25) is 0 Å². The Hall–Kier alpha value is -0.920. The lowest BCUT2D eigenvalue weighted by Gasteiger charge is -2.04. The minimum atomic E-state index is -1.18. The van der Waals surface area contributed by atoms with Gasteiger partial charge in [0.15, 0.2) is 0 Å². The maximum atomic E-state index is 9.48. The Balaban J connectivity index is 3.21. The van der Waals surface area contributed by atoms with Crippen molar-refractivity contribution in [1.82, 2.24) is 0 Å². The second-order valence-corrected chi connectivity index (χ2v) is 1.47. The molecule has 0 radical (unpaired) electrons. The van der Waals surface area contributed by atoms with Crippen LogP contribution in [-0.2, 0) is 9.73 Å². The van der Waals surface area contributed by atoms with Crippen molar-refractivity contribution in [3.05, 3.63) is 10.1 Å². The molecular formula is C3H7NO6. The number of rotatable bonds is 5. The van der Waals surface area contributed by atoms with Gasteiger partial charge in [0.05, 0.1) is 0 Å². The first-order valence-electron chi connectivity index (χ1n) is 2.38. The molecule has 1 atom stereocenters. The molecule has 0 aromatic carbocycles. The van der Waals surface area contributed by atoms with Crippen molar-refractivity contribution in [2.45, 2.75) is 6.10 Å². The van der Waals surface area contributed by atoms with Crippen LogP contribution in [0, 0.1) is 10.1 Å². The summed E-state index contributed by atoms with van der Waals surface area (Å²) < 4.78 is 0. The fourth-order valence-electron chi connectivity index (χ4n) is 0.281. The summed E-state index contributed by atoms with van der Waals surface area (Å²) in [5.74, 6) is 0. The maximum absolute atomic E-state index is 9.48. The topological polar surface area (TPSA) is 102 Å². The molecule has 0 rings (SSSR count). The van der Waals surface area contributed by atoms with E-state index in [1.807, 2.05) is 0 Å².